The van der Waals surface area contributed by atoms with E-state index in [0.29, 0.717) is 11.2 Å². The van der Waals surface area contributed by atoms with Crippen molar-refractivity contribution in [2.45, 2.75) is 75.9 Å². The summed E-state index contributed by atoms with van der Waals surface area (Å²) in [5.74, 6) is 0.184. The summed E-state index contributed by atoms with van der Waals surface area (Å²) < 4.78 is 2.16. The molecule has 1 aromatic carbocycles. The minimum Gasteiger partial charge on any atom is -0.339 e. The largest absolute Gasteiger partial charge is 0.339 e. The predicted molar refractivity (Wildman–Crippen MR) is 118 cm³/mol. The van der Waals surface area contributed by atoms with Crippen LogP contribution < -0.4 is 0 Å². The smallest absolute Gasteiger partial charge is 0.236 e. The zero-order valence-electron chi connectivity index (χ0n) is 17.5. The third kappa shape index (κ3) is 3.84. The molecular weight excluding hydrogens is 382 g/mol. The van der Waals surface area contributed by atoms with E-state index in [1.807, 2.05) is 19.1 Å². The molecule has 1 atom stereocenters. The Morgan fingerprint density at radius 3 is 2.69 bits per heavy atom. The Morgan fingerprint density at radius 1 is 1.21 bits per heavy atom. The SMILES string of the molecule is CCN(C(=O)[C@@H](C)Sc1nnc2c3ccccc3n(CC)c2n1)C1CCCCC1. The standard InChI is InChI=1S/C22H29N5OS/c1-4-26(16-11-7-6-8-12-16)21(28)15(3)29-22-23-20-19(24-25-22)17-13-9-10-14-18(17)27(20)5-2/h9-10,13-16H,4-8,11-12H2,1-3H3/t15-/m1/s1. The van der Waals surface area contributed by atoms with Crippen LogP contribution in [0.25, 0.3) is 22.1 Å². The van der Waals surface area contributed by atoms with E-state index < -0.39 is 0 Å². The number of fused-ring (bicyclic) bond motifs is 3. The van der Waals surface area contributed by atoms with E-state index in [9.17, 15) is 4.79 Å². The molecule has 3 aromatic rings. The van der Waals surface area contributed by atoms with E-state index in [1.54, 1.807) is 0 Å². The normalized spacial score (nSPS) is 16.4. The van der Waals surface area contributed by atoms with Crippen molar-refractivity contribution in [1.82, 2.24) is 24.6 Å². The lowest BCUT2D eigenvalue weighted by molar-refractivity contribution is -0.133. The molecule has 7 heteroatoms. The quantitative estimate of drug-likeness (QED) is 0.552. The van der Waals surface area contributed by atoms with Crippen LogP contribution in [0.2, 0.25) is 0 Å². The molecule has 2 aromatic heterocycles. The lowest BCUT2D eigenvalue weighted by Crippen LogP contribution is -2.44. The second kappa shape index (κ2) is 8.69. The Bertz CT molecular complexity index is 1010. The Kier molecular flexibility index (Phi) is 6.04. The van der Waals surface area contributed by atoms with Gasteiger partial charge in [-0.05, 0) is 39.7 Å². The third-order valence-electron chi connectivity index (χ3n) is 5.94. The van der Waals surface area contributed by atoms with Crippen LogP contribution in [0, 0.1) is 0 Å². The summed E-state index contributed by atoms with van der Waals surface area (Å²) in [5, 5.41) is 10.2. The number of aryl methyl sites for hydroxylation is 1. The number of hydrogen-bond donors (Lipinski definition) is 0. The number of benzene rings is 1. The third-order valence-corrected chi connectivity index (χ3v) is 6.88. The molecule has 1 amide bonds. The van der Waals surface area contributed by atoms with Crippen molar-refractivity contribution in [3.05, 3.63) is 24.3 Å². The van der Waals surface area contributed by atoms with Gasteiger partial charge in [-0.1, -0.05) is 49.2 Å². The number of hydrogen-bond acceptors (Lipinski definition) is 5. The fourth-order valence-electron chi connectivity index (χ4n) is 4.49. The van der Waals surface area contributed by atoms with Crippen LogP contribution in [-0.2, 0) is 11.3 Å². The molecule has 0 spiro atoms. The minimum atomic E-state index is -0.226. The van der Waals surface area contributed by atoms with E-state index in [4.69, 9.17) is 4.98 Å². The maximum absolute atomic E-state index is 13.1. The summed E-state index contributed by atoms with van der Waals surface area (Å²) >= 11 is 1.41. The molecule has 6 nitrogen and oxygen atoms in total. The van der Waals surface area contributed by atoms with E-state index >= 15 is 0 Å². The van der Waals surface area contributed by atoms with E-state index in [0.717, 1.165) is 48.0 Å². The summed E-state index contributed by atoms with van der Waals surface area (Å²) in [6, 6.07) is 8.57. The average molecular weight is 412 g/mol. The topological polar surface area (TPSA) is 63.9 Å². The first-order valence-corrected chi connectivity index (χ1v) is 11.6. The number of para-hydroxylation sites is 1. The zero-order chi connectivity index (χ0) is 20.4. The van der Waals surface area contributed by atoms with Gasteiger partial charge in [-0.25, -0.2) is 4.98 Å². The molecule has 29 heavy (non-hydrogen) atoms. The number of rotatable bonds is 6. The van der Waals surface area contributed by atoms with Gasteiger partial charge in [0.2, 0.25) is 11.1 Å². The molecule has 1 fully saturated rings. The molecular formula is C22H29N5OS. The van der Waals surface area contributed by atoms with E-state index in [-0.39, 0.29) is 11.2 Å². The van der Waals surface area contributed by atoms with Gasteiger partial charge in [-0.2, -0.15) is 0 Å². The second-order valence-corrected chi connectivity index (χ2v) is 9.01. The van der Waals surface area contributed by atoms with Gasteiger partial charge in [0.25, 0.3) is 0 Å². The lowest BCUT2D eigenvalue weighted by atomic mass is 9.94. The first-order chi connectivity index (χ1) is 14.1. The summed E-state index contributed by atoms with van der Waals surface area (Å²) in [7, 11) is 0. The monoisotopic (exact) mass is 411 g/mol. The molecule has 154 valence electrons. The molecule has 0 aliphatic heterocycles. The Hall–Kier alpha value is -2.15. The molecule has 0 bridgehead atoms. The molecule has 4 rings (SSSR count). The maximum Gasteiger partial charge on any atom is 0.236 e. The van der Waals surface area contributed by atoms with Gasteiger partial charge in [0, 0.05) is 24.5 Å². The number of amides is 1. The number of thioether (sulfide) groups is 1. The Labute approximate surface area is 176 Å². The predicted octanol–water partition coefficient (Wildman–Crippen LogP) is 4.66. The number of nitrogens with zero attached hydrogens (tertiary/aromatic N) is 5. The van der Waals surface area contributed by atoms with Gasteiger partial charge in [0.1, 0.15) is 5.52 Å². The highest BCUT2D eigenvalue weighted by molar-refractivity contribution is 8.00. The molecule has 1 aliphatic carbocycles. The van der Waals surface area contributed by atoms with E-state index in [1.165, 1.54) is 31.0 Å². The molecule has 1 saturated carbocycles. The van der Waals surface area contributed by atoms with Gasteiger partial charge in [-0.3, -0.25) is 4.79 Å². The Morgan fingerprint density at radius 2 is 1.97 bits per heavy atom. The summed E-state index contributed by atoms with van der Waals surface area (Å²) in [6.45, 7) is 7.72. The molecule has 2 heterocycles. The highest BCUT2D eigenvalue weighted by Crippen LogP contribution is 2.29. The first kappa shape index (κ1) is 20.1. The van der Waals surface area contributed by atoms with Crippen LogP contribution in [0.1, 0.15) is 52.9 Å². The highest BCUT2D eigenvalue weighted by Gasteiger charge is 2.28. The average Bonchev–Trinajstić information content (AvgIpc) is 3.07. The maximum atomic E-state index is 13.1. The van der Waals surface area contributed by atoms with Crippen LogP contribution in [0.15, 0.2) is 29.4 Å². The van der Waals surface area contributed by atoms with Gasteiger partial charge in [0.15, 0.2) is 5.65 Å². The van der Waals surface area contributed by atoms with Crippen LogP contribution in [0.3, 0.4) is 0 Å². The van der Waals surface area contributed by atoms with Crippen molar-refractivity contribution < 1.29 is 4.79 Å². The van der Waals surface area contributed by atoms with Crippen LogP contribution in [0.4, 0.5) is 0 Å². The van der Waals surface area contributed by atoms with Crippen molar-refractivity contribution in [2.75, 3.05) is 6.54 Å². The highest BCUT2D eigenvalue weighted by atomic mass is 32.2. The molecule has 0 N–H and O–H groups in total. The van der Waals surface area contributed by atoms with Crippen molar-refractivity contribution in [3.8, 4) is 0 Å². The van der Waals surface area contributed by atoms with Gasteiger partial charge < -0.3 is 9.47 Å². The fourth-order valence-corrected chi connectivity index (χ4v) is 5.27. The molecule has 0 saturated heterocycles. The van der Waals surface area contributed by atoms with Gasteiger partial charge in [-0.15, -0.1) is 10.2 Å². The summed E-state index contributed by atoms with van der Waals surface area (Å²) in [4.78, 5) is 20.0. The Balaban J connectivity index is 1.58. The number of aromatic nitrogens is 4. The van der Waals surface area contributed by atoms with Crippen LogP contribution in [0.5, 0.6) is 0 Å². The van der Waals surface area contributed by atoms with Crippen molar-refractivity contribution in [3.63, 3.8) is 0 Å². The molecule has 0 radical (unpaired) electrons. The van der Waals surface area contributed by atoms with Crippen molar-refractivity contribution >= 4 is 39.7 Å². The van der Waals surface area contributed by atoms with Crippen LogP contribution in [-0.4, -0.2) is 48.4 Å². The fraction of sp³-hybridized carbons (Fsp3) is 0.545. The number of carbonyl (C=O) groups excluding carboxylic acids is 1. The first-order valence-electron chi connectivity index (χ1n) is 10.7. The number of carbonyl (C=O) groups is 1. The van der Waals surface area contributed by atoms with Gasteiger partial charge in [0.05, 0.1) is 10.8 Å². The second-order valence-electron chi connectivity index (χ2n) is 7.70. The van der Waals surface area contributed by atoms with Crippen molar-refractivity contribution in [1.29, 1.82) is 0 Å². The van der Waals surface area contributed by atoms with Crippen LogP contribution >= 0.6 is 11.8 Å². The summed E-state index contributed by atoms with van der Waals surface area (Å²) in [6.07, 6.45) is 5.98. The summed E-state index contributed by atoms with van der Waals surface area (Å²) in [5.41, 5.74) is 2.78. The van der Waals surface area contributed by atoms with E-state index in [2.05, 4.69) is 45.6 Å². The lowest BCUT2D eigenvalue weighted by Gasteiger charge is -2.35. The van der Waals surface area contributed by atoms with Crippen molar-refractivity contribution in [2.24, 2.45) is 0 Å². The minimum absolute atomic E-state index is 0.184. The molecule has 1 aliphatic rings. The van der Waals surface area contributed by atoms with Gasteiger partial charge >= 0.3 is 0 Å². The molecule has 0 unspecified atom stereocenters. The zero-order valence-corrected chi connectivity index (χ0v) is 18.3.